The van der Waals surface area contributed by atoms with Crippen LogP contribution in [-0.2, 0) is 11.3 Å². The van der Waals surface area contributed by atoms with Crippen LogP contribution in [0.15, 0.2) is 30.3 Å². The van der Waals surface area contributed by atoms with Gasteiger partial charge in [-0.1, -0.05) is 30.3 Å². The zero-order chi connectivity index (χ0) is 13.6. The standard InChI is InChI=1S/C11H13F3N2OS/c1-16(17-11(12,13)14)10(18)15-8-7-9-5-3-2-4-6-9/h2-6H,7-8H2,1H3,(H,15,18). The molecule has 0 aliphatic rings. The molecule has 0 unspecified atom stereocenters. The minimum absolute atomic E-state index is 0.108. The fourth-order valence-electron chi connectivity index (χ4n) is 1.27. The lowest BCUT2D eigenvalue weighted by Gasteiger charge is -2.21. The van der Waals surface area contributed by atoms with Gasteiger partial charge in [-0.15, -0.1) is 13.2 Å². The van der Waals surface area contributed by atoms with Crippen LogP contribution < -0.4 is 5.32 Å². The number of hydrogen-bond acceptors (Lipinski definition) is 2. The van der Waals surface area contributed by atoms with E-state index in [4.69, 9.17) is 12.2 Å². The number of nitrogens with one attached hydrogen (secondary N) is 1. The lowest BCUT2D eigenvalue weighted by molar-refractivity contribution is -0.390. The molecule has 7 heteroatoms. The third kappa shape index (κ3) is 5.83. The zero-order valence-corrected chi connectivity index (χ0v) is 10.5. The highest BCUT2D eigenvalue weighted by atomic mass is 32.1. The van der Waals surface area contributed by atoms with Gasteiger partial charge >= 0.3 is 6.36 Å². The first kappa shape index (κ1) is 14.7. The Morgan fingerprint density at radius 1 is 1.33 bits per heavy atom. The fraction of sp³-hybridized carbons (Fsp3) is 0.364. The summed E-state index contributed by atoms with van der Waals surface area (Å²) in [5.74, 6) is 0. The first-order chi connectivity index (χ1) is 8.38. The van der Waals surface area contributed by atoms with Crippen molar-refractivity contribution in [2.24, 2.45) is 0 Å². The Morgan fingerprint density at radius 2 is 1.94 bits per heavy atom. The van der Waals surface area contributed by atoms with Crippen molar-refractivity contribution in [2.75, 3.05) is 13.6 Å². The zero-order valence-electron chi connectivity index (χ0n) is 9.70. The van der Waals surface area contributed by atoms with Gasteiger partial charge in [-0.2, -0.15) is 4.84 Å². The Labute approximate surface area is 108 Å². The van der Waals surface area contributed by atoms with E-state index >= 15 is 0 Å². The second kappa shape index (κ2) is 6.55. The molecule has 0 aliphatic carbocycles. The van der Waals surface area contributed by atoms with Crippen molar-refractivity contribution in [1.29, 1.82) is 0 Å². The number of hydroxylamine groups is 2. The summed E-state index contributed by atoms with van der Waals surface area (Å²) in [6.45, 7) is 0.439. The van der Waals surface area contributed by atoms with E-state index in [1.807, 2.05) is 30.3 Å². The first-order valence-corrected chi connectivity index (χ1v) is 5.60. The van der Waals surface area contributed by atoms with Gasteiger partial charge in [0, 0.05) is 13.6 Å². The fourth-order valence-corrected chi connectivity index (χ4v) is 1.41. The molecule has 0 aliphatic heterocycles. The van der Waals surface area contributed by atoms with Gasteiger partial charge in [0.2, 0.25) is 0 Å². The van der Waals surface area contributed by atoms with Crippen LogP contribution >= 0.6 is 12.2 Å². The molecule has 0 spiro atoms. The summed E-state index contributed by atoms with van der Waals surface area (Å²) in [5, 5.41) is 3.06. The summed E-state index contributed by atoms with van der Waals surface area (Å²) in [4.78, 5) is 3.63. The monoisotopic (exact) mass is 278 g/mol. The summed E-state index contributed by atoms with van der Waals surface area (Å²) < 4.78 is 35.7. The van der Waals surface area contributed by atoms with Gasteiger partial charge in [0.15, 0.2) is 5.11 Å². The average molecular weight is 278 g/mol. The minimum atomic E-state index is -4.74. The van der Waals surface area contributed by atoms with Crippen LogP contribution in [-0.4, -0.2) is 30.1 Å². The lowest BCUT2D eigenvalue weighted by Crippen LogP contribution is -2.41. The van der Waals surface area contributed by atoms with Gasteiger partial charge in [0.05, 0.1) is 0 Å². The van der Waals surface area contributed by atoms with Crippen molar-refractivity contribution >= 4 is 17.3 Å². The van der Waals surface area contributed by atoms with Crippen LogP contribution in [0.5, 0.6) is 0 Å². The van der Waals surface area contributed by atoms with E-state index < -0.39 is 6.36 Å². The van der Waals surface area contributed by atoms with E-state index in [1.54, 1.807) is 0 Å². The molecule has 0 amide bonds. The van der Waals surface area contributed by atoms with Crippen molar-refractivity contribution in [3.63, 3.8) is 0 Å². The molecule has 0 heterocycles. The van der Waals surface area contributed by atoms with E-state index in [1.165, 1.54) is 0 Å². The largest absolute Gasteiger partial charge is 0.544 e. The van der Waals surface area contributed by atoms with Crippen LogP contribution in [0.4, 0.5) is 13.2 Å². The SMILES string of the molecule is CN(OC(F)(F)F)C(=S)NCCc1ccccc1. The maximum atomic E-state index is 11.9. The van der Waals surface area contributed by atoms with Crippen LogP contribution in [0, 0.1) is 0 Å². The highest BCUT2D eigenvalue weighted by molar-refractivity contribution is 7.80. The van der Waals surface area contributed by atoms with Gasteiger partial charge in [-0.05, 0) is 24.2 Å². The van der Waals surface area contributed by atoms with Crippen molar-refractivity contribution < 1.29 is 18.0 Å². The van der Waals surface area contributed by atoms with Gasteiger partial charge in [0.1, 0.15) is 0 Å². The molecule has 0 aromatic heterocycles. The molecule has 1 aromatic rings. The molecule has 18 heavy (non-hydrogen) atoms. The normalized spacial score (nSPS) is 11.1. The number of hydrogen-bond donors (Lipinski definition) is 1. The number of alkyl halides is 3. The molecule has 0 saturated carbocycles. The van der Waals surface area contributed by atoms with Gasteiger partial charge in [-0.25, -0.2) is 5.06 Å². The quantitative estimate of drug-likeness (QED) is 0.675. The van der Waals surface area contributed by atoms with E-state index in [0.29, 0.717) is 18.0 Å². The van der Waals surface area contributed by atoms with Crippen molar-refractivity contribution in [1.82, 2.24) is 10.4 Å². The molecule has 0 atom stereocenters. The Balaban J connectivity index is 2.29. The smallest absolute Gasteiger partial charge is 0.361 e. The minimum Gasteiger partial charge on any atom is -0.361 e. The van der Waals surface area contributed by atoms with E-state index in [0.717, 1.165) is 12.6 Å². The number of nitrogens with zero attached hydrogens (tertiary/aromatic N) is 1. The summed E-state index contributed by atoms with van der Waals surface area (Å²) in [5.41, 5.74) is 1.08. The highest BCUT2D eigenvalue weighted by Gasteiger charge is 2.33. The molecule has 1 N–H and O–H groups in total. The predicted octanol–water partition coefficient (Wildman–Crippen LogP) is 2.49. The summed E-state index contributed by atoms with van der Waals surface area (Å²) in [6.07, 6.45) is -4.07. The van der Waals surface area contributed by atoms with E-state index in [9.17, 15) is 13.2 Å². The number of thiocarbonyl (C=S) groups is 1. The Morgan fingerprint density at radius 3 is 2.50 bits per heavy atom. The molecule has 0 saturated heterocycles. The van der Waals surface area contributed by atoms with Gasteiger partial charge in [0.25, 0.3) is 0 Å². The summed E-state index contributed by atoms with van der Waals surface area (Å²) in [6, 6.07) is 9.55. The third-order valence-corrected chi connectivity index (χ3v) is 2.46. The highest BCUT2D eigenvalue weighted by Crippen LogP contribution is 2.17. The molecule has 3 nitrogen and oxygen atoms in total. The van der Waals surface area contributed by atoms with E-state index in [2.05, 4.69) is 10.2 Å². The number of halogens is 3. The summed E-state index contributed by atoms with van der Waals surface area (Å²) in [7, 11) is 1.10. The first-order valence-electron chi connectivity index (χ1n) is 5.20. The third-order valence-electron chi connectivity index (χ3n) is 2.06. The Hall–Kier alpha value is -1.34. The summed E-state index contributed by atoms with van der Waals surface area (Å²) >= 11 is 4.75. The van der Waals surface area contributed by atoms with Crippen LogP contribution in [0.2, 0.25) is 0 Å². The van der Waals surface area contributed by atoms with Crippen LogP contribution in [0.1, 0.15) is 5.56 Å². The Kier molecular flexibility index (Phi) is 5.36. The van der Waals surface area contributed by atoms with Gasteiger partial charge < -0.3 is 5.32 Å². The maximum Gasteiger partial charge on any atom is 0.544 e. The molecule has 0 fully saturated rings. The molecule has 0 radical (unpaired) electrons. The van der Waals surface area contributed by atoms with Gasteiger partial charge in [-0.3, -0.25) is 0 Å². The average Bonchev–Trinajstić information content (AvgIpc) is 2.28. The molecule has 100 valence electrons. The van der Waals surface area contributed by atoms with Crippen molar-refractivity contribution in [2.45, 2.75) is 12.8 Å². The second-order valence-electron chi connectivity index (χ2n) is 3.50. The second-order valence-corrected chi connectivity index (χ2v) is 3.89. The van der Waals surface area contributed by atoms with Crippen molar-refractivity contribution in [3.8, 4) is 0 Å². The van der Waals surface area contributed by atoms with Crippen LogP contribution in [0.3, 0.4) is 0 Å². The van der Waals surface area contributed by atoms with Crippen molar-refractivity contribution in [3.05, 3.63) is 35.9 Å². The Bertz CT molecular complexity index is 384. The molecular formula is C11H13F3N2OS. The topological polar surface area (TPSA) is 24.5 Å². The maximum absolute atomic E-state index is 11.9. The number of benzene rings is 1. The molecule has 1 rings (SSSR count). The lowest BCUT2D eigenvalue weighted by atomic mass is 10.1. The van der Waals surface area contributed by atoms with Crippen LogP contribution in [0.25, 0.3) is 0 Å². The molecule has 1 aromatic carbocycles. The molecular weight excluding hydrogens is 265 g/mol. The number of rotatable bonds is 4. The molecule has 0 bridgehead atoms. The van der Waals surface area contributed by atoms with E-state index in [-0.39, 0.29) is 5.11 Å². The predicted molar refractivity (Wildman–Crippen MR) is 65.6 cm³/mol.